The first kappa shape index (κ1) is 51.4. The molecule has 6 heteroatoms. The van der Waals surface area contributed by atoms with Crippen molar-refractivity contribution in [1.29, 1.82) is 0 Å². The van der Waals surface area contributed by atoms with Crippen molar-refractivity contribution in [2.75, 3.05) is 13.2 Å². The molecule has 330 valence electrons. The topological polar surface area (TPSA) is 78.4 Å². The van der Waals surface area contributed by atoms with Crippen molar-refractivity contribution in [2.24, 2.45) is 0 Å². The summed E-state index contributed by atoms with van der Waals surface area (Å²) >= 11 is 0. The second kappa shape index (κ2) is 38.4. The Morgan fingerprint density at radius 3 is 0.828 bits per heavy atom. The van der Waals surface area contributed by atoms with Gasteiger partial charge in [-0.25, -0.2) is 9.59 Å². The molecule has 2 aromatic heterocycles. The molecular formula is C52H88N2O4. The first-order valence-corrected chi connectivity index (χ1v) is 24.9. The largest absolute Gasteiger partial charge is 0.462 e. The van der Waals surface area contributed by atoms with Gasteiger partial charge in [-0.05, 0) is 37.1 Å². The van der Waals surface area contributed by atoms with Crippen molar-refractivity contribution in [1.82, 2.24) is 9.97 Å². The average Bonchev–Trinajstić information content (AvgIpc) is 3.25. The number of hydrogen-bond acceptors (Lipinski definition) is 6. The summed E-state index contributed by atoms with van der Waals surface area (Å²) in [5, 5.41) is 0. The van der Waals surface area contributed by atoms with Crippen molar-refractivity contribution in [3.8, 4) is 11.4 Å². The molecule has 0 atom stereocenters. The lowest BCUT2D eigenvalue weighted by Gasteiger charge is -2.08. The lowest BCUT2D eigenvalue weighted by molar-refractivity contribution is 0.0488. The number of aromatic nitrogens is 2. The Kier molecular flexibility index (Phi) is 34.1. The molecule has 0 aliphatic heterocycles. The van der Waals surface area contributed by atoms with Gasteiger partial charge < -0.3 is 9.47 Å². The van der Waals surface area contributed by atoms with E-state index in [0.29, 0.717) is 35.7 Å². The fourth-order valence-electron chi connectivity index (χ4n) is 7.90. The molecule has 0 radical (unpaired) electrons. The molecule has 0 amide bonds. The summed E-state index contributed by atoms with van der Waals surface area (Å²) in [5.74, 6) is -0.703. The van der Waals surface area contributed by atoms with Gasteiger partial charge >= 0.3 is 11.9 Å². The fourth-order valence-corrected chi connectivity index (χ4v) is 7.90. The highest BCUT2D eigenvalue weighted by Crippen LogP contribution is 2.20. The van der Waals surface area contributed by atoms with E-state index in [1.165, 1.54) is 205 Å². The van der Waals surface area contributed by atoms with Crippen LogP contribution in [0.3, 0.4) is 0 Å². The molecule has 0 fully saturated rings. The Bertz CT molecular complexity index is 1150. The zero-order valence-corrected chi connectivity index (χ0v) is 37.9. The van der Waals surface area contributed by atoms with Crippen LogP contribution in [0.25, 0.3) is 11.4 Å². The highest BCUT2D eigenvalue weighted by Gasteiger charge is 2.13. The monoisotopic (exact) mass is 805 g/mol. The van der Waals surface area contributed by atoms with Gasteiger partial charge in [0.05, 0.1) is 35.7 Å². The SMILES string of the molecule is CCCCCCCCCCCCCCCCCCCCOC(=O)c1ccnc(-c2cc(C(=O)OCCCCCCCCCCCCCCCCCCCC)ccn2)c1. The van der Waals surface area contributed by atoms with Gasteiger partial charge in [0.25, 0.3) is 0 Å². The Balaban J connectivity index is 1.46. The van der Waals surface area contributed by atoms with E-state index in [-0.39, 0.29) is 11.9 Å². The van der Waals surface area contributed by atoms with Crippen LogP contribution < -0.4 is 0 Å². The average molecular weight is 805 g/mol. The predicted octanol–water partition coefficient (Wildman–Crippen LogP) is 16.5. The molecule has 6 nitrogen and oxygen atoms in total. The van der Waals surface area contributed by atoms with Gasteiger partial charge in [0.15, 0.2) is 0 Å². The molecule has 58 heavy (non-hydrogen) atoms. The van der Waals surface area contributed by atoms with Gasteiger partial charge in [0.1, 0.15) is 0 Å². The summed E-state index contributed by atoms with van der Waals surface area (Å²) in [6.45, 7) is 5.42. The molecule has 2 heterocycles. The van der Waals surface area contributed by atoms with E-state index in [4.69, 9.17) is 9.47 Å². The fraction of sp³-hybridized carbons (Fsp3) is 0.769. The van der Waals surface area contributed by atoms with E-state index in [9.17, 15) is 9.59 Å². The van der Waals surface area contributed by atoms with Crippen LogP contribution in [0.5, 0.6) is 0 Å². The highest BCUT2D eigenvalue weighted by atomic mass is 16.5. The van der Waals surface area contributed by atoms with Crippen LogP contribution in [0, 0.1) is 0 Å². The third-order valence-electron chi connectivity index (χ3n) is 11.7. The molecule has 2 aromatic rings. The minimum Gasteiger partial charge on any atom is -0.462 e. The molecule has 2 rings (SSSR count). The maximum Gasteiger partial charge on any atom is 0.338 e. The number of carbonyl (C=O) groups is 2. The molecule has 0 saturated carbocycles. The number of esters is 2. The Labute approximate surface area is 357 Å². The van der Waals surface area contributed by atoms with E-state index in [2.05, 4.69) is 23.8 Å². The van der Waals surface area contributed by atoms with Crippen LogP contribution in [0.1, 0.15) is 266 Å². The van der Waals surface area contributed by atoms with E-state index >= 15 is 0 Å². The maximum atomic E-state index is 12.8. The van der Waals surface area contributed by atoms with E-state index in [1.54, 1.807) is 36.7 Å². The number of carbonyl (C=O) groups excluding carboxylic acids is 2. The minimum absolute atomic E-state index is 0.351. The van der Waals surface area contributed by atoms with Crippen LogP contribution in [0.2, 0.25) is 0 Å². The van der Waals surface area contributed by atoms with Crippen LogP contribution >= 0.6 is 0 Å². The van der Waals surface area contributed by atoms with Gasteiger partial charge in [-0.15, -0.1) is 0 Å². The van der Waals surface area contributed by atoms with Crippen LogP contribution in [-0.4, -0.2) is 35.1 Å². The van der Waals surface area contributed by atoms with Crippen molar-refractivity contribution in [2.45, 2.75) is 245 Å². The summed E-state index contributed by atoms with van der Waals surface area (Å²) in [6.07, 6.45) is 51.1. The highest BCUT2D eigenvalue weighted by molar-refractivity contribution is 5.92. The van der Waals surface area contributed by atoms with Crippen molar-refractivity contribution in [3.63, 3.8) is 0 Å². The Hall–Kier alpha value is -2.76. The van der Waals surface area contributed by atoms with Gasteiger partial charge in [-0.1, -0.05) is 232 Å². The van der Waals surface area contributed by atoms with Crippen molar-refractivity contribution >= 4 is 11.9 Å². The number of unbranched alkanes of at least 4 members (excludes halogenated alkanes) is 34. The zero-order chi connectivity index (χ0) is 41.4. The summed E-state index contributed by atoms with van der Waals surface area (Å²) in [6, 6.07) is 6.71. The smallest absolute Gasteiger partial charge is 0.338 e. The molecule has 0 aliphatic rings. The second-order valence-electron chi connectivity index (χ2n) is 17.2. The lowest BCUT2D eigenvalue weighted by Crippen LogP contribution is -2.08. The Morgan fingerprint density at radius 2 is 0.586 bits per heavy atom. The Morgan fingerprint density at radius 1 is 0.362 bits per heavy atom. The number of hydrogen-bond donors (Lipinski definition) is 0. The van der Waals surface area contributed by atoms with Crippen LogP contribution in [0.15, 0.2) is 36.7 Å². The first-order chi connectivity index (χ1) is 28.7. The first-order valence-electron chi connectivity index (χ1n) is 24.9. The molecule has 0 saturated heterocycles. The molecule has 0 N–H and O–H groups in total. The standard InChI is InChI=1S/C52H88N2O4/c1-3-5-7-9-11-13-15-17-19-21-23-25-27-29-31-33-35-37-43-57-51(55)47-39-41-53-49(45-47)50-46-48(40-42-54-50)52(56)58-44-38-36-34-32-30-28-26-24-22-20-18-16-14-12-10-8-6-4-2/h39-42,45-46H,3-38,43-44H2,1-2H3. The molecule has 0 spiro atoms. The van der Waals surface area contributed by atoms with Gasteiger partial charge in [-0.3, -0.25) is 9.97 Å². The maximum absolute atomic E-state index is 12.8. The summed E-state index contributed by atoms with van der Waals surface area (Å²) in [7, 11) is 0. The van der Waals surface area contributed by atoms with E-state index in [0.717, 1.165) is 25.7 Å². The quantitative estimate of drug-likeness (QED) is 0.0492. The number of nitrogens with zero attached hydrogens (tertiary/aromatic N) is 2. The summed E-state index contributed by atoms with van der Waals surface area (Å²) in [4.78, 5) is 34.4. The number of pyridine rings is 2. The summed E-state index contributed by atoms with van der Waals surface area (Å²) < 4.78 is 11.2. The molecular weight excluding hydrogens is 717 g/mol. The molecule has 0 aromatic carbocycles. The molecule has 0 unspecified atom stereocenters. The van der Waals surface area contributed by atoms with Gasteiger partial charge in [-0.2, -0.15) is 0 Å². The lowest BCUT2D eigenvalue weighted by atomic mass is 10.0. The minimum atomic E-state index is -0.351. The second-order valence-corrected chi connectivity index (χ2v) is 17.2. The van der Waals surface area contributed by atoms with Gasteiger partial charge in [0, 0.05) is 12.4 Å². The molecule has 0 bridgehead atoms. The normalized spacial score (nSPS) is 11.3. The van der Waals surface area contributed by atoms with Gasteiger partial charge in [0.2, 0.25) is 0 Å². The van der Waals surface area contributed by atoms with Crippen molar-refractivity contribution in [3.05, 3.63) is 47.8 Å². The zero-order valence-electron chi connectivity index (χ0n) is 37.9. The number of rotatable bonds is 41. The van der Waals surface area contributed by atoms with Crippen molar-refractivity contribution < 1.29 is 19.1 Å². The third-order valence-corrected chi connectivity index (χ3v) is 11.7. The van der Waals surface area contributed by atoms with E-state index in [1.807, 2.05) is 0 Å². The van der Waals surface area contributed by atoms with Crippen LogP contribution in [-0.2, 0) is 9.47 Å². The van der Waals surface area contributed by atoms with Crippen LogP contribution in [0.4, 0.5) is 0 Å². The predicted molar refractivity (Wildman–Crippen MR) is 246 cm³/mol. The summed E-state index contributed by atoms with van der Waals surface area (Å²) in [5.41, 5.74) is 1.94. The molecule has 0 aliphatic carbocycles. The number of ether oxygens (including phenoxy) is 2. The van der Waals surface area contributed by atoms with E-state index < -0.39 is 0 Å². The third kappa shape index (κ3) is 28.6.